The van der Waals surface area contributed by atoms with Gasteiger partial charge in [0, 0.05) is 24.7 Å². The van der Waals surface area contributed by atoms with Crippen molar-refractivity contribution in [3.8, 4) is 11.8 Å². The van der Waals surface area contributed by atoms with Crippen LogP contribution in [0, 0.1) is 18.3 Å². The minimum atomic E-state index is 0.533. The van der Waals surface area contributed by atoms with Crippen LogP contribution < -0.4 is 10.1 Å². The fourth-order valence-corrected chi connectivity index (χ4v) is 2.06. The molecule has 0 saturated heterocycles. The predicted octanol–water partition coefficient (Wildman–Crippen LogP) is 4.29. The van der Waals surface area contributed by atoms with E-state index in [1.54, 1.807) is 0 Å². The number of nitrogens with one attached hydrogen (secondary N) is 1. The zero-order chi connectivity index (χ0) is 14.9. The maximum Gasteiger partial charge on any atom is 0.121 e. The van der Waals surface area contributed by atoms with Crippen LogP contribution in [0.1, 0.15) is 24.0 Å². The van der Waals surface area contributed by atoms with Gasteiger partial charge in [-0.05, 0) is 31.0 Å². The minimum absolute atomic E-state index is 0.533. The summed E-state index contributed by atoms with van der Waals surface area (Å²) in [5.74, 6) is 0.835. The monoisotopic (exact) mass is 280 g/mol. The Kier molecular flexibility index (Phi) is 5.66. The molecule has 108 valence electrons. The number of benzene rings is 2. The van der Waals surface area contributed by atoms with Gasteiger partial charge in [-0.2, -0.15) is 5.26 Å². The van der Waals surface area contributed by atoms with E-state index in [4.69, 9.17) is 10.00 Å². The summed E-state index contributed by atoms with van der Waals surface area (Å²) in [5.41, 5.74) is 3.56. The van der Waals surface area contributed by atoms with Gasteiger partial charge in [0.25, 0.3) is 0 Å². The van der Waals surface area contributed by atoms with Crippen molar-refractivity contribution in [2.75, 3.05) is 11.9 Å². The molecule has 0 amide bonds. The maximum atomic E-state index is 8.49. The lowest BCUT2D eigenvalue weighted by Crippen LogP contribution is -2.01. The average Bonchev–Trinajstić information content (AvgIpc) is 2.50. The summed E-state index contributed by atoms with van der Waals surface area (Å²) in [6.45, 7) is 3.47. The Balaban J connectivity index is 1.87. The highest BCUT2D eigenvalue weighted by atomic mass is 16.5. The highest BCUT2D eigenvalue weighted by Crippen LogP contribution is 2.18. The van der Waals surface area contributed by atoms with Gasteiger partial charge in [-0.25, -0.2) is 0 Å². The molecule has 0 bridgehead atoms. The molecule has 0 aliphatic carbocycles. The molecule has 2 aromatic carbocycles. The molecule has 0 spiro atoms. The molecular formula is C18H20N2O. The largest absolute Gasteiger partial charge is 0.493 e. The van der Waals surface area contributed by atoms with Gasteiger partial charge in [0.2, 0.25) is 0 Å². The van der Waals surface area contributed by atoms with Crippen molar-refractivity contribution in [3.63, 3.8) is 0 Å². The van der Waals surface area contributed by atoms with E-state index in [1.807, 2.05) is 24.3 Å². The van der Waals surface area contributed by atoms with Crippen molar-refractivity contribution in [2.24, 2.45) is 0 Å². The van der Waals surface area contributed by atoms with Crippen molar-refractivity contribution < 1.29 is 4.74 Å². The zero-order valence-corrected chi connectivity index (χ0v) is 12.3. The number of anilines is 1. The molecule has 3 nitrogen and oxygen atoms in total. The van der Waals surface area contributed by atoms with Gasteiger partial charge >= 0.3 is 0 Å². The Bertz CT molecular complexity index is 617. The summed E-state index contributed by atoms with van der Waals surface area (Å²) in [6, 6.07) is 18.5. The molecule has 1 N–H and O–H groups in total. The quantitative estimate of drug-likeness (QED) is 0.769. The number of hydrogen-bond donors (Lipinski definition) is 1. The third kappa shape index (κ3) is 5.19. The van der Waals surface area contributed by atoms with Crippen LogP contribution in [-0.2, 0) is 6.54 Å². The topological polar surface area (TPSA) is 45.0 Å². The molecule has 0 aliphatic heterocycles. The number of nitrogens with zero attached hydrogens (tertiary/aromatic N) is 1. The standard InChI is InChI=1S/C18H20N2O/c1-15-6-4-7-16(12-15)14-20-17-8-5-9-18(13-17)21-11-3-2-10-19/h4-9,12-13,20H,2-3,11,14H2,1H3. The van der Waals surface area contributed by atoms with Gasteiger partial charge in [0.05, 0.1) is 12.7 Å². The molecule has 3 heteroatoms. The summed E-state index contributed by atoms with van der Waals surface area (Å²) >= 11 is 0. The van der Waals surface area contributed by atoms with E-state index in [2.05, 4.69) is 42.6 Å². The Morgan fingerprint density at radius 1 is 1.14 bits per heavy atom. The zero-order valence-electron chi connectivity index (χ0n) is 12.3. The molecule has 0 aromatic heterocycles. The van der Waals surface area contributed by atoms with Crippen LogP contribution in [0.25, 0.3) is 0 Å². The van der Waals surface area contributed by atoms with E-state index in [1.165, 1.54) is 11.1 Å². The molecule has 0 radical (unpaired) electrons. The van der Waals surface area contributed by atoms with Crippen LogP contribution >= 0.6 is 0 Å². The lowest BCUT2D eigenvalue weighted by atomic mass is 10.1. The van der Waals surface area contributed by atoms with Crippen LogP contribution in [-0.4, -0.2) is 6.61 Å². The first-order valence-electron chi connectivity index (χ1n) is 7.17. The summed E-state index contributed by atoms with van der Waals surface area (Å²) in [4.78, 5) is 0. The Morgan fingerprint density at radius 2 is 2.00 bits per heavy atom. The third-order valence-corrected chi connectivity index (χ3v) is 3.11. The van der Waals surface area contributed by atoms with Gasteiger partial charge in [-0.1, -0.05) is 35.9 Å². The summed E-state index contributed by atoms with van der Waals surface area (Å²) in [7, 11) is 0. The second kappa shape index (κ2) is 7.96. The van der Waals surface area contributed by atoms with E-state index in [9.17, 15) is 0 Å². The van der Waals surface area contributed by atoms with Crippen molar-refractivity contribution in [2.45, 2.75) is 26.3 Å². The van der Waals surface area contributed by atoms with Crippen molar-refractivity contribution in [1.29, 1.82) is 5.26 Å². The van der Waals surface area contributed by atoms with E-state index in [0.717, 1.165) is 24.4 Å². The van der Waals surface area contributed by atoms with Crippen molar-refractivity contribution in [3.05, 3.63) is 59.7 Å². The van der Waals surface area contributed by atoms with E-state index < -0.39 is 0 Å². The molecule has 0 fully saturated rings. The number of nitriles is 1. The maximum absolute atomic E-state index is 8.49. The van der Waals surface area contributed by atoms with E-state index >= 15 is 0 Å². The number of rotatable bonds is 7. The first kappa shape index (κ1) is 14.9. The van der Waals surface area contributed by atoms with Gasteiger partial charge in [0.1, 0.15) is 5.75 Å². The summed E-state index contributed by atoms with van der Waals surface area (Å²) in [5, 5.41) is 11.9. The summed E-state index contributed by atoms with van der Waals surface area (Å²) < 4.78 is 5.63. The third-order valence-electron chi connectivity index (χ3n) is 3.11. The SMILES string of the molecule is Cc1cccc(CNc2cccc(OCCCC#N)c2)c1. The second-order valence-corrected chi connectivity index (χ2v) is 4.98. The number of ether oxygens (including phenoxy) is 1. The lowest BCUT2D eigenvalue weighted by molar-refractivity contribution is 0.313. The van der Waals surface area contributed by atoms with E-state index in [-0.39, 0.29) is 0 Å². The molecule has 21 heavy (non-hydrogen) atoms. The molecule has 2 rings (SSSR count). The van der Waals surface area contributed by atoms with Gasteiger partial charge in [-0.15, -0.1) is 0 Å². The van der Waals surface area contributed by atoms with Gasteiger partial charge in [-0.3, -0.25) is 0 Å². The normalized spacial score (nSPS) is 9.90. The predicted molar refractivity (Wildman–Crippen MR) is 85.3 cm³/mol. The molecule has 0 atom stereocenters. The van der Waals surface area contributed by atoms with Crippen LogP contribution in [0.4, 0.5) is 5.69 Å². The highest BCUT2D eigenvalue weighted by Gasteiger charge is 1.98. The first-order chi connectivity index (χ1) is 10.3. The van der Waals surface area contributed by atoms with Crippen LogP contribution in [0.5, 0.6) is 5.75 Å². The number of aryl methyl sites for hydroxylation is 1. The molecular weight excluding hydrogens is 260 g/mol. The van der Waals surface area contributed by atoms with Crippen LogP contribution in [0.3, 0.4) is 0 Å². The summed E-state index contributed by atoms with van der Waals surface area (Å²) in [6.07, 6.45) is 1.29. The van der Waals surface area contributed by atoms with Crippen LogP contribution in [0.15, 0.2) is 48.5 Å². The van der Waals surface area contributed by atoms with Crippen molar-refractivity contribution in [1.82, 2.24) is 0 Å². The number of unbranched alkanes of at least 4 members (excludes halogenated alkanes) is 1. The Labute approximate surface area is 126 Å². The first-order valence-corrected chi connectivity index (χ1v) is 7.17. The molecule has 0 unspecified atom stereocenters. The molecule has 0 aliphatic rings. The minimum Gasteiger partial charge on any atom is -0.493 e. The van der Waals surface area contributed by atoms with Crippen LogP contribution in [0.2, 0.25) is 0 Å². The average molecular weight is 280 g/mol. The smallest absolute Gasteiger partial charge is 0.121 e. The van der Waals surface area contributed by atoms with Gasteiger partial charge < -0.3 is 10.1 Å². The molecule has 0 saturated carbocycles. The van der Waals surface area contributed by atoms with Gasteiger partial charge in [0.15, 0.2) is 0 Å². The number of hydrogen-bond acceptors (Lipinski definition) is 3. The molecule has 2 aromatic rings. The van der Waals surface area contributed by atoms with E-state index in [0.29, 0.717) is 13.0 Å². The second-order valence-electron chi connectivity index (χ2n) is 4.98. The Hall–Kier alpha value is -2.47. The molecule has 0 heterocycles. The highest BCUT2D eigenvalue weighted by molar-refractivity contribution is 5.48. The fraction of sp³-hybridized carbons (Fsp3) is 0.278. The van der Waals surface area contributed by atoms with Crippen molar-refractivity contribution >= 4 is 5.69 Å². The Morgan fingerprint density at radius 3 is 2.81 bits per heavy atom. The lowest BCUT2D eigenvalue weighted by Gasteiger charge is -2.10. The fourth-order valence-electron chi connectivity index (χ4n) is 2.06.